The first-order chi connectivity index (χ1) is 6.27. The highest BCUT2D eigenvalue weighted by Gasteiger charge is 2.22. The Morgan fingerprint density at radius 2 is 2.46 bits per heavy atom. The van der Waals surface area contributed by atoms with Crippen molar-refractivity contribution in [1.82, 2.24) is 15.0 Å². The summed E-state index contributed by atoms with van der Waals surface area (Å²) in [4.78, 5) is 25.9. The molecule has 0 atom stereocenters. The number of rotatable bonds is 1. The van der Waals surface area contributed by atoms with Crippen molar-refractivity contribution in [2.75, 3.05) is 0 Å². The van der Waals surface area contributed by atoms with Crippen molar-refractivity contribution < 1.29 is 9.59 Å². The SMILES string of the molecule is O=C1CC(C(=O)n2ccnc2)=NN1. The maximum absolute atomic E-state index is 11.5. The molecule has 66 valence electrons. The standard InChI is InChI=1S/C7H6N4O2/c12-6-3-5(9-10-6)7(13)11-2-1-8-4-11/h1-2,4H,3H2,(H,10,12). The molecule has 0 bridgehead atoms. The van der Waals surface area contributed by atoms with E-state index in [0.29, 0.717) is 0 Å². The maximum Gasteiger partial charge on any atom is 0.279 e. The minimum atomic E-state index is -0.323. The predicted octanol–water partition coefficient (Wildman–Crippen LogP) is -0.601. The second-order valence-electron chi connectivity index (χ2n) is 2.55. The molecule has 0 aliphatic carbocycles. The monoisotopic (exact) mass is 178 g/mol. The fourth-order valence-corrected chi connectivity index (χ4v) is 1.01. The van der Waals surface area contributed by atoms with E-state index in [1.165, 1.54) is 23.3 Å². The minimum Gasteiger partial charge on any atom is -0.273 e. The Labute approximate surface area is 73.3 Å². The van der Waals surface area contributed by atoms with Gasteiger partial charge in [-0.3, -0.25) is 14.2 Å². The second kappa shape index (κ2) is 2.81. The van der Waals surface area contributed by atoms with Crippen LogP contribution in [0.15, 0.2) is 23.8 Å². The third-order valence-electron chi connectivity index (χ3n) is 1.63. The van der Waals surface area contributed by atoms with Crippen LogP contribution in [-0.2, 0) is 4.79 Å². The molecular formula is C7H6N4O2. The van der Waals surface area contributed by atoms with Gasteiger partial charge in [0.15, 0.2) is 0 Å². The summed E-state index contributed by atoms with van der Waals surface area (Å²) < 4.78 is 1.28. The van der Waals surface area contributed by atoms with Gasteiger partial charge in [-0.05, 0) is 0 Å². The summed E-state index contributed by atoms with van der Waals surface area (Å²) in [6.45, 7) is 0. The zero-order valence-corrected chi connectivity index (χ0v) is 6.60. The number of nitrogens with zero attached hydrogens (tertiary/aromatic N) is 3. The van der Waals surface area contributed by atoms with Gasteiger partial charge in [-0.2, -0.15) is 5.10 Å². The van der Waals surface area contributed by atoms with Crippen LogP contribution >= 0.6 is 0 Å². The Bertz CT molecular complexity index is 379. The van der Waals surface area contributed by atoms with Crippen LogP contribution < -0.4 is 5.43 Å². The van der Waals surface area contributed by atoms with Gasteiger partial charge < -0.3 is 0 Å². The summed E-state index contributed by atoms with van der Waals surface area (Å²) in [7, 11) is 0. The largest absolute Gasteiger partial charge is 0.279 e. The van der Waals surface area contributed by atoms with Gasteiger partial charge in [-0.25, -0.2) is 10.4 Å². The van der Waals surface area contributed by atoms with Gasteiger partial charge in [-0.1, -0.05) is 0 Å². The van der Waals surface area contributed by atoms with Crippen molar-refractivity contribution in [3.63, 3.8) is 0 Å². The fraction of sp³-hybridized carbons (Fsp3) is 0.143. The molecule has 0 saturated carbocycles. The van der Waals surface area contributed by atoms with Crippen LogP contribution in [0.2, 0.25) is 0 Å². The molecular weight excluding hydrogens is 172 g/mol. The molecule has 0 saturated heterocycles. The van der Waals surface area contributed by atoms with E-state index in [2.05, 4.69) is 15.5 Å². The number of hydrogen-bond donors (Lipinski definition) is 1. The molecule has 1 aromatic heterocycles. The number of nitrogens with one attached hydrogen (secondary N) is 1. The van der Waals surface area contributed by atoms with E-state index in [4.69, 9.17) is 0 Å². The van der Waals surface area contributed by atoms with Crippen LogP contribution in [-0.4, -0.2) is 27.1 Å². The average Bonchev–Trinajstić information content (AvgIpc) is 2.72. The number of carbonyl (C=O) groups excluding carboxylic acids is 2. The quantitative estimate of drug-likeness (QED) is 0.623. The Morgan fingerprint density at radius 1 is 1.62 bits per heavy atom. The normalized spacial score (nSPS) is 15.4. The van der Waals surface area contributed by atoms with Crippen LogP contribution in [0.5, 0.6) is 0 Å². The lowest BCUT2D eigenvalue weighted by Gasteiger charge is -1.96. The summed E-state index contributed by atoms with van der Waals surface area (Å²) in [5.74, 6) is -0.584. The van der Waals surface area contributed by atoms with Gasteiger partial charge in [0.05, 0.1) is 6.42 Å². The third kappa shape index (κ3) is 1.33. The lowest BCUT2D eigenvalue weighted by atomic mass is 10.2. The summed E-state index contributed by atoms with van der Waals surface area (Å²) in [6.07, 6.45) is 4.40. The molecule has 2 rings (SSSR count). The van der Waals surface area contributed by atoms with Gasteiger partial charge in [-0.15, -0.1) is 0 Å². The zero-order valence-electron chi connectivity index (χ0n) is 6.60. The topological polar surface area (TPSA) is 76.3 Å². The van der Waals surface area contributed by atoms with Crippen molar-refractivity contribution in [3.8, 4) is 0 Å². The van der Waals surface area contributed by atoms with E-state index in [1.54, 1.807) is 0 Å². The first-order valence-electron chi connectivity index (χ1n) is 3.65. The third-order valence-corrected chi connectivity index (χ3v) is 1.63. The Balaban J connectivity index is 2.20. The highest BCUT2D eigenvalue weighted by molar-refractivity contribution is 6.43. The molecule has 1 N–H and O–H groups in total. The number of hydrogen-bond acceptors (Lipinski definition) is 4. The van der Waals surface area contributed by atoms with Crippen LogP contribution in [0.3, 0.4) is 0 Å². The molecule has 6 heteroatoms. The fourth-order valence-electron chi connectivity index (χ4n) is 1.01. The first kappa shape index (κ1) is 7.66. The van der Waals surface area contributed by atoms with Gasteiger partial charge in [0.25, 0.3) is 5.91 Å². The predicted molar refractivity (Wildman–Crippen MR) is 43.0 cm³/mol. The van der Waals surface area contributed by atoms with Gasteiger partial charge in [0, 0.05) is 12.4 Å². The van der Waals surface area contributed by atoms with Crippen LogP contribution in [0.25, 0.3) is 0 Å². The van der Waals surface area contributed by atoms with Crippen molar-refractivity contribution in [1.29, 1.82) is 0 Å². The van der Waals surface area contributed by atoms with Crippen molar-refractivity contribution in [3.05, 3.63) is 18.7 Å². The van der Waals surface area contributed by atoms with E-state index in [-0.39, 0.29) is 23.9 Å². The second-order valence-corrected chi connectivity index (χ2v) is 2.55. The summed E-state index contributed by atoms with van der Waals surface area (Å²) in [6, 6.07) is 0. The molecule has 0 unspecified atom stereocenters. The Morgan fingerprint density at radius 3 is 3.00 bits per heavy atom. The summed E-state index contributed by atoms with van der Waals surface area (Å²) >= 11 is 0. The lowest BCUT2D eigenvalue weighted by molar-refractivity contribution is -0.119. The highest BCUT2D eigenvalue weighted by Crippen LogP contribution is 1.99. The Hall–Kier alpha value is -1.98. The summed E-state index contributed by atoms with van der Waals surface area (Å²) in [5.41, 5.74) is 2.42. The van der Waals surface area contributed by atoms with E-state index >= 15 is 0 Å². The number of imidazole rings is 1. The van der Waals surface area contributed by atoms with Crippen LogP contribution in [0.4, 0.5) is 0 Å². The van der Waals surface area contributed by atoms with Gasteiger partial charge >= 0.3 is 0 Å². The van der Waals surface area contributed by atoms with E-state index < -0.39 is 0 Å². The average molecular weight is 178 g/mol. The van der Waals surface area contributed by atoms with Crippen molar-refractivity contribution >= 4 is 17.5 Å². The molecule has 13 heavy (non-hydrogen) atoms. The number of carbonyl (C=O) groups is 2. The molecule has 0 spiro atoms. The molecule has 0 aromatic carbocycles. The van der Waals surface area contributed by atoms with Crippen LogP contribution in [0.1, 0.15) is 11.2 Å². The molecule has 0 fully saturated rings. The van der Waals surface area contributed by atoms with Crippen molar-refractivity contribution in [2.24, 2.45) is 5.10 Å². The lowest BCUT2D eigenvalue weighted by Crippen LogP contribution is -2.19. The molecule has 2 heterocycles. The number of aromatic nitrogens is 2. The molecule has 1 aliphatic rings. The molecule has 0 radical (unpaired) electrons. The molecule has 1 aliphatic heterocycles. The van der Waals surface area contributed by atoms with Gasteiger partial charge in [0.1, 0.15) is 12.0 Å². The number of amides is 1. The van der Waals surface area contributed by atoms with Gasteiger partial charge in [0.2, 0.25) is 5.91 Å². The Kier molecular flexibility index (Phi) is 1.66. The molecule has 1 aromatic rings. The summed E-state index contributed by atoms with van der Waals surface area (Å²) in [5, 5.41) is 3.59. The zero-order chi connectivity index (χ0) is 9.26. The minimum absolute atomic E-state index is 0.0387. The molecule has 1 amide bonds. The van der Waals surface area contributed by atoms with E-state index in [1.807, 2.05) is 0 Å². The highest BCUT2D eigenvalue weighted by atomic mass is 16.2. The smallest absolute Gasteiger partial charge is 0.273 e. The van der Waals surface area contributed by atoms with Crippen LogP contribution in [0, 0.1) is 0 Å². The molecule has 6 nitrogen and oxygen atoms in total. The van der Waals surface area contributed by atoms with Crippen molar-refractivity contribution in [2.45, 2.75) is 6.42 Å². The first-order valence-corrected chi connectivity index (χ1v) is 3.65. The van der Waals surface area contributed by atoms with E-state index in [9.17, 15) is 9.59 Å². The number of hydrazone groups is 1. The van der Waals surface area contributed by atoms with E-state index in [0.717, 1.165) is 0 Å². The maximum atomic E-state index is 11.5.